The summed E-state index contributed by atoms with van der Waals surface area (Å²) in [5.41, 5.74) is 19.9. The van der Waals surface area contributed by atoms with Gasteiger partial charge >= 0.3 is 33.4 Å². The van der Waals surface area contributed by atoms with Crippen LogP contribution in [0.5, 0.6) is 0 Å². The van der Waals surface area contributed by atoms with E-state index in [-0.39, 0.29) is 66.2 Å². The molecule has 74 heavy (non-hydrogen) atoms. The van der Waals surface area contributed by atoms with Gasteiger partial charge in [0.1, 0.15) is 59.9 Å². The highest BCUT2D eigenvalue weighted by molar-refractivity contribution is 8.76. The van der Waals surface area contributed by atoms with E-state index in [2.05, 4.69) is 45.1 Å². The Morgan fingerprint density at radius 3 is 2.49 bits per heavy atom. The molecular formula is C40H55N13O17P2S2. The van der Waals surface area contributed by atoms with Crippen molar-refractivity contribution in [2.24, 2.45) is 5.11 Å². The number of rotatable bonds is 24. The van der Waals surface area contributed by atoms with Crippen molar-refractivity contribution in [1.82, 2.24) is 39.7 Å². The summed E-state index contributed by atoms with van der Waals surface area (Å²) in [6, 6.07) is 6.67. The molecule has 404 valence electrons. The van der Waals surface area contributed by atoms with Crippen molar-refractivity contribution in [3.05, 3.63) is 75.7 Å². The standard InChI is InChI=1S/C40H55N13O17P2S2/c1-40(2,3)69-39(58)48-24(11-10-22(74-73-4)16-44-29(54)12-9-21-7-5-6-8-23(21)50-51-43)37(56)68-33-27(67-36(32(33)55)53-20-47-31-34(42)45-19-46-35(31)53)18-65-72(62,63)70-25-15-30(52-14-13-28(41)49-38(52)57)66-26(25)17-64-71(59,60)61/h5-8,13-14,19-20,22,24-27,30,32-33,36,55H,9-12,15-18H2,1-4H3,(H,44,54)(H,48,58)(H,62,63)(H2,41,49,57)(H2,42,45,46)(H2,59,60,61)/t22-,24-,25-,26+,27+,30+,32+,33+,36+/m0/s1. The fourth-order valence-electron chi connectivity index (χ4n) is 7.62. The normalized spacial score (nSPS) is 22.6. The number of carbonyl (C=O) groups is 3. The minimum atomic E-state index is -5.30. The van der Waals surface area contributed by atoms with Crippen LogP contribution >= 0.6 is 37.2 Å². The molecule has 0 aliphatic carbocycles. The van der Waals surface area contributed by atoms with Crippen LogP contribution < -0.4 is 27.8 Å². The van der Waals surface area contributed by atoms with Gasteiger partial charge in [-0.3, -0.25) is 27.5 Å². The largest absolute Gasteiger partial charge is 0.472 e. The summed E-state index contributed by atoms with van der Waals surface area (Å²) >= 11 is 0. The summed E-state index contributed by atoms with van der Waals surface area (Å²) in [7, 11) is -7.63. The molecule has 10 N–H and O–H groups in total. The number of amides is 2. The number of aromatic nitrogens is 6. The smallest absolute Gasteiger partial charge is 0.455 e. The number of hydrogen-bond donors (Lipinski definition) is 8. The van der Waals surface area contributed by atoms with Gasteiger partial charge in [-0.1, -0.05) is 51.0 Å². The van der Waals surface area contributed by atoms with E-state index in [0.717, 1.165) is 10.9 Å². The molecule has 3 aromatic heterocycles. The number of phosphoric acid groups is 2. The number of aryl methyl sites for hydroxylation is 1. The first kappa shape index (κ1) is 57.8. The van der Waals surface area contributed by atoms with Crippen LogP contribution in [0.2, 0.25) is 0 Å². The molecule has 1 aromatic carbocycles. The number of nitrogen functional groups attached to an aromatic ring is 2. The molecule has 0 spiro atoms. The highest BCUT2D eigenvalue weighted by Crippen LogP contribution is 2.50. The lowest BCUT2D eigenvalue weighted by Crippen LogP contribution is -2.48. The molecule has 30 nitrogen and oxygen atoms in total. The Kier molecular flexibility index (Phi) is 19.9. The van der Waals surface area contributed by atoms with E-state index in [1.54, 1.807) is 45.0 Å². The Bertz CT molecular complexity index is 2830. The van der Waals surface area contributed by atoms with Crippen LogP contribution in [0.3, 0.4) is 0 Å². The van der Waals surface area contributed by atoms with Crippen molar-refractivity contribution in [2.75, 3.05) is 37.5 Å². The summed E-state index contributed by atoms with van der Waals surface area (Å²) in [6.45, 7) is 3.14. The van der Waals surface area contributed by atoms with Crippen LogP contribution in [-0.2, 0) is 57.7 Å². The SMILES string of the molecule is CSS[C@@H](CC[C@H](NC(=O)OC(C)(C)C)C(=O)O[C@H]1[C@@H](O)[C@H](n2cnc3c(N)ncnc32)O[C@@H]1COP(=O)(O)O[C@H]1C[C@H](n2ccc(N)nc2=O)O[C@@H]1COP(=O)(O)O)CNC(=O)CCc1ccccc1N=[N+]=[N-]. The van der Waals surface area contributed by atoms with Crippen LogP contribution in [0.1, 0.15) is 64.5 Å². The molecule has 2 aliphatic rings. The molecule has 1 unspecified atom stereocenters. The third-order valence-electron chi connectivity index (χ3n) is 10.9. The van der Waals surface area contributed by atoms with Crippen LogP contribution in [-0.4, -0.2) is 140 Å². The number of benzene rings is 1. The van der Waals surface area contributed by atoms with E-state index >= 15 is 0 Å². The minimum Gasteiger partial charge on any atom is -0.455 e. The van der Waals surface area contributed by atoms with Crippen LogP contribution in [0.4, 0.5) is 22.1 Å². The summed E-state index contributed by atoms with van der Waals surface area (Å²) in [4.78, 5) is 102. The number of alkyl carbamates (subject to hydrolysis) is 1. The van der Waals surface area contributed by atoms with E-state index in [9.17, 15) is 48.1 Å². The molecule has 4 aromatic rings. The Morgan fingerprint density at radius 1 is 1.04 bits per heavy atom. The second-order valence-corrected chi connectivity index (χ2v) is 22.8. The van der Waals surface area contributed by atoms with Gasteiger partial charge in [-0.05, 0) is 63.5 Å². The molecule has 0 saturated carbocycles. The second-order valence-electron chi connectivity index (χ2n) is 17.4. The number of esters is 1. The lowest BCUT2D eigenvalue weighted by Gasteiger charge is -2.27. The number of imidazole rings is 1. The number of nitrogens with one attached hydrogen (secondary N) is 2. The van der Waals surface area contributed by atoms with Gasteiger partial charge in [-0.25, -0.2) is 38.5 Å². The van der Waals surface area contributed by atoms with Gasteiger partial charge in [0, 0.05) is 41.4 Å². The predicted molar refractivity (Wildman–Crippen MR) is 263 cm³/mol. The van der Waals surface area contributed by atoms with Crippen molar-refractivity contribution in [3.8, 4) is 0 Å². The average molecular weight is 1120 g/mol. The third-order valence-corrected chi connectivity index (χ3v) is 14.7. The van der Waals surface area contributed by atoms with Gasteiger partial charge in [0.15, 0.2) is 23.8 Å². The van der Waals surface area contributed by atoms with Crippen LogP contribution in [0.15, 0.2) is 59.1 Å². The first-order valence-electron chi connectivity index (χ1n) is 22.4. The van der Waals surface area contributed by atoms with Gasteiger partial charge in [-0.2, -0.15) is 4.98 Å². The number of aliphatic hydroxyl groups is 1. The molecule has 0 radical (unpaired) electrons. The lowest BCUT2D eigenvalue weighted by molar-refractivity contribution is -0.159. The van der Waals surface area contributed by atoms with Gasteiger partial charge in [-0.15, -0.1) is 0 Å². The van der Waals surface area contributed by atoms with Crippen molar-refractivity contribution in [1.29, 1.82) is 0 Å². The zero-order valence-electron chi connectivity index (χ0n) is 40.0. The van der Waals surface area contributed by atoms with Gasteiger partial charge in [0.25, 0.3) is 0 Å². The van der Waals surface area contributed by atoms with Gasteiger partial charge in [0.05, 0.1) is 19.5 Å². The first-order chi connectivity index (χ1) is 34.9. The summed E-state index contributed by atoms with van der Waals surface area (Å²) in [5, 5.41) is 20.6. The number of ether oxygens (including phenoxy) is 4. The quantitative estimate of drug-likeness (QED) is 0.0125. The fourth-order valence-corrected chi connectivity index (χ4v) is 10.9. The summed E-state index contributed by atoms with van der Waals surface area (Å²) in [6.07, 6.45) is -6.43. The second kappa shape index (κ2) is 25.4. The van der Waals surface area contributed by atoms with Crippen molar-refractivity contribution in [3.63, 3.8) is 0 Å². The Labute approximate surface area is 428 Å². The van der Waals surface area contributed by atoms with Gasteiger partial charge in [0.2, 0.25) is 5.91 Å². The van der Waals surface area contributed by atoms with E-state index in [1.807, 2.05) is 6.26 Å². The highest BCUT2D eigenvalue weighted by Gasteiger charge is 2.50. The average Bonchev–Trinajstić information content (AvgIpc) is 4.02. The Morgan fingerprint density at radius 2 is 1.78 bits per heavy atom. The maximum atomic E-state index is 14.3. The number of aliphatic hydroxyl groups excluding tert-OH is 1. The first-order valence-corrected chi connectivity index (χ1v) is 28.0. The maximum absolute atomic E-state index is 14.3. The van der Waals surface area contributed by atoms with Crippen LogP contribution in [0, 0.1) is 0 Å². The number of carbonyl (C=O) groups excluding carboxylic acids is 3. The molecule has 2 amide bonds. The van der Waals surface area contributed by atoms with Gasteiger partial charge < -0.3 is 60.8 Å². The fraction of sp³-hybridized carbons (Fsp3) is 0.550. The topological polar surface area (TPSA) is 434 Å². The maximum Gasteiger partial charge on any atom is 0.472 e. The molecule has 2 aliphatic heterocycles. The molecular weight excluding hydrogens is 1060 g/mol. The van der Waals surface area contributed by atoms with E-state index < -0.39 is 101 Å². The zero-order valence-corrected chi connectivity index (χ0v) is 43.4. The van der Waals surface area contributed by atoms with Crippen molar-refractivity contribution >= 4 is 83.7 Å². The number of nitrogens with two attached hydrogens (primary N) is 2. The number of fused-ring (bicyclic) bond motifs is 1. The Hall–Kier alpha value is -5.43. The minimum absolute atomic E-state index is 0.0239. The van der Waals surface area contributed by atoms with Crippen molar-refractivity contribution < 1.29 is 75.8 Å². The predicted octanol–water partition coefficient (Wildman–Crippen LogP) is 3.06. The number of phosphoric ester groups is 2. The molecule has 5 heterocycles. The molecule has 2 saturated heterocycles. The van der Waals surface area contributed by atoms with Crippen LogP contribution in [0.25, 0.3) is 21.6 Å². The molecule has 34 heteroatoms. The molecule has 0 bridgehead atoms. The van der Waals surface area contributed by atoms with E-state index in [4.69, 9.17) is 45.0 Å². The third kappa shape index (κ3) is 16.3. The number of anilines is 2. The van der Waals surface area contributed by atoms with Crippen molar-refractivity contribution in [2.45, 2.75) is 113 Å². The number of hydrogen-bond acceptors (Lipinski definition) is 23. The molecule has 2 fully saturated rings. The van der Waals surface area contributed by atoms with E-state index in [0.29, 0.717) is 17.7 Å². The summed E-state index contributed by atoms with van der Waals surface area (Å²) in [5.74, 6) is -1.55. The Balaban J connectivity index is 1.20. The van der Waals surface area contributed by atoms with E-state index in [1.165, 1.54) is 44.7 Å². The zero-order chi connectivity index (χ0) is 54.0. The summed E-state index contributed by atoms with van der Waals surface area (Å²) < 4.78 is 66.2. The highest BCUT2D eigenvalue weighted by atomic mass is 33.1. The lowest BCUT2D eigenvalue weighted by atomic mass is 10.1. The number of azide groups is 1. The molecule has 10 atom stereocenters. The number of nitrogens with zero attached hydrogens (tertiary/aromatic N) is 9. The monoisotopic (exact) mass is 1120 g/mol. The molecule has 6 rings (SSSR count).